The first-order chi connectivity index (χ1) is 7.26. The van der Waals surface area contributed by atoms with Gasteiger partial charge in [-0.25, -0.2) is 0 Å². The predicted octanol–water partition coefficient (Wildman–Crippen LogP) is 4.09. The summed E-state index contributed by atoms with van der Waals surface area (Å²) in [6.07, 6.45) is 3.25. The average molecular weight is 310 g/mol. The first kappa shape index (κ1) is 11.9. The zero-order valence-electron chi connectivity index (χ0n) is 8.47. The molecule has 0 aromatic carbocycles. The maximum absolute atomic E-state index is 6.14. The molecule has 0 bridgehead atoms. The normalized spacial score (nSPS) is 20.4. The van der Waals surface area contributed by atoms with Crippen LogP contribution in [0, 0.1) is 5.41 Å². The van der Waals surface area contributed by atoms with Crippen molar-refractivity contribution >= 4 is 38.9 Å². The molecule has 1 aliphatic rings. The van der Waals surface area contributed by atoms with E-state index in [4.69, 9.17) is 16.3 Å². The molecule has 2 heterocycles. The lowest BCUT2D eigenvalue weighted by Crippen LogP contribution is -2.33. The van der Waals surface area contributed by atoms with E-state index < -0.39 is 0 Å². The molecule has 1 aromatic rings. The van der Waals surface area contributed by atoms with Crippen LogP contribution in [-0.4, -0.2) is 19.1 Å². The largest absolute Gasteiger partial charge is 0.381 e. The van der Waals surface area contributed by atoms with Gasteiger partial charge in [0.25, 0.3) is 0 Å². The highest BCUT2D eigenvalue weighted by Gasteiger charge is 2.32. The van der Waals surface area contributed by atoms with E-state index in [-0.39, 0.29) is 5.41 Å². The van der Waals surface area contributed by atoms with Crippen molar-refractivity contribution < 1.29 is 4.74 Å². The minimum absolute atomic E-state index is 0.257. The number of thiophene rings is 1. The van der Waals surface area contributed by atoms with Crippen LogP contribution in [0.4, 0.5) is 0 Å². The highest BCUT2D eigenvalue weighted by atomic mass is 79.9. The number of ether oxygens (including phenoxy) is 1. The maximum atomic E-state index is 6.14. The molecule has 2 rings (SSSR count). The first-order valence-corrected chi connectivity index (χ1v) is 7.32. The number of halogens is 2. The van der Waals surface area contributed by atoms with Crippen molar-refractivity contribution in [2.75, 3.05) is 19.1 Å². The van der Waals surface area contributed by atoms with Crippen LogP contribution >= 0.6 is 38.9 Å². The second-order valence-corrected chi connectivity index (χ2v) is 6.24. The summed E-state index contributed by atoms with van der Waals surface area (Å²) in [5, 5.41) is 2.13. The van der Waals surface area contributed by atoms with Crippen LogP contribution in [0.2, 0.25) is 0 Å². The molecule has 15 heavy (non-hydrogen) atoms. The Kier molecular flexibility index (Phi) is 4.10. The van der Waals surface area contributed by atoms with E-state index in [9.17, 15) is 0 Å². The van der Waals surface area contributed by atoms with E-state index in [2.05, 4.69) is 27.4 Å². The van der Waals surface area contributed by atoms with Gasteiger partial charge in [0.2, 0.25) is 0 Å². The second-order valence-electron chi connectivity index (χ2n) is 4.11. The summed E-state index contributed by atoms with van der Waals surface area (Å²) in [6, 6.07) is 2.11. The Morgan fingerprint density at radius 1 is 1.47 bits per heavy atom. The van der Waals surface area contributed by atoms with Crippen molar-refractivity contribution in [1.82, 2.24) is 0 Å². The van der Waals surface area contributed by atoms with Gasteiger partial charge in [-0.05, 0) is 52.1 Å². The Balaban J connectivity index is 2.10. The molecule has 0 unspecified atom stereocenters. The summed E-state index contributed by atoms with van der Waals surface area (Å²) in [6.45, 7) is 1.71. The third-order valence-electron chi connectivity index (χ3n) is 3.06. The van der Waals surface area contributed by atoms with Gasteiger partial charge in [0.1, 0.15) is 0 Å². The van der Waals surface area contributed by atoms with Gasteiger partial charge in [0.15, 0.2) is 0 Å². The highest BCUT2D eigenvalue weighted by Crippen LogP contribution is 2.38. The van der Waals surface area contributed by atoms with Gasteiger partial charge < -0.3 is 4.74 Å². The van der Waals surface area contributed by atoms with Crippen LogP contribution in [0.5, 0.6) is 0 Å². The lowest BCUT2D eigenvalue weighted by atomic mass is 9.79. The Morgan fingerprint density at radius 2 is 2.20 bits per heavy atom. The van der Waals surface area contributed by atoms with Crippen LogP contribution in [0.1, 0.15) is 17.7 Å². The van der Waals surface area contributed by atoms with Gasteiger partial charge in [-0.2, -0.15) is 0 Å². The third kappa shape index (κ3) is 2.76. The summed E-state index contributed by atoms with van der Waals surface area (Å²) in [4.78, 5) is 1.41. The summed E-state index contributed by atoms with van der Waals surface area (Å²) >= 11 is 11.5. The average Bonchev–Trinajstić information content (AvgIpc) is 2.66. The Morgan fingerprint density at radius 3 is 2.73 bits per heavy atom. The summed E-state index contributed by atoms with van der Waals surface area (Å²) < 4.78 is 6.63. The Hall–Kier alpha value is 0.430. The van der Waals surface area contributed by atoms with Crippen LogP contribution in [0.3, 0.4) is 0 Å². The van der Waals surface area contributed by atoms with Crippen molar-refractivity contribution in [3.05, 3.63) is 20.8 Å². The van der Waals surface area contributed by atoms with E-state index in [1.54, 1.807) is 0 Å². The smallest absolute Gasteiger partial charge is 0.0471 e. The molecule has 0 atom stereocenters. The zero-order valence-corrected chi connectivity index (χ0v) is 11.6. The fraction of sp³-hybridized carbons (Fsp3) is 0.636. The van der Waals surface area contributed by atoms with Gasteiger partial charge >= 0.3 is 0 Å². The van der Waals surface area contributed by atoms with Crippen molar-refractivity contribution in [2.24, 2.45) is 5.41 Å². The molecule has 0 radical (unpaired) electrons. The standard InChI is InChI=1S/C11H14BrClOS/c12-9-1-6-15-10(9)7-11(8-13)2-4-14-5-3-11/h1,6H,2-5,7-8H2. The zero-order chi connectivity index (χ0) is 10.7. The number of hydrogen-bond donors (Lipinski definition) is 0. The molecule has 1 aromatic heterocycles. The molecule has 0 aliphatic carbocycles. The third-order valence-corrected chi connectivity index (χ3v) is 5.56. The lowest BCUT2D eigenvalue weighted by Gasteiger charge is -2.35. The van der Waals surface area contributed by atoms with Crippen LogP contribution < -0.4 is 0 Å². The van der Waals surface area contributed by atoms with Gasteiger partial charge in [0, 0.05) is 28.4 Å². The van der Waals surface area contributed by atoms with Gasteiger partial charge in [-0.3, -0.25) is 0 Å². The van der Waals surface area contributed by atoms with Crippen molar-refractivity contribution in [3.63, 3.8) is 0 Å². The predicted molar refractivity (Wildman–Crippen MR) is 68.9 cm³/mol. The summed E-state index contributed by atoms with van der Waals surface area (Å²) in [5.41, 5.74) is 0.257. The van der Waals surface area contributed by atoms with Gasteiger partial charge in [-0.1, -0.05) is 0 Å². The SMILES string of the molecule is ClCC1(Cc2sccc2Br)CCOCC1. The monoisotopic (exact) mass is 308 g/mol. The molecular formula is C11H14BrClOS. The van der Waals surface area contributed by atoms with E-state index in [0.29, 0.717) is 0 Å². The Bertz CT molecular complexity index is 320. The molecular weight excluding hydrogens is 296 g/mol. The molecule has 0 N–H and O–H groups in total. The molecule has 1 saturated heterocycles. The van der Waals surface area contributed by atoms with Gasteiger partial charge in [0.05, 0.1) is 0 Å². The van der Waals surface area contributed by atoms with Crippen LogP contribution in [0.15, 0.2) is 15.9 Å². The molecule has 0 spiro atoms. The minimum atomic E-state index is 0.257. The number of hydrogen-bond acceptors (Lipinski definition) is 2. The van der Waals surface area contributed by atoms with E-state index >= 15 is 0 Å². The fourth-order valence-corrected chi connectivity index (χ4v) is 3.98. The summed E-state index contributed by atoms with van der Waals surface area (Å²) in [5.74, 6) is 0.737. The van der Waals surface area contributed by atoms with E-state index in [1.807, 2.05) is 11.3 Å². The second kappa shape index (κ2) is 5.17. The molecule has 0 saturated carbocycles. The van der Waals surface area contributed by atoms with Crippen LogP contribution in [0.25, 0.3) is 0 Å². The summed E-state index contributed by atoms with van der Waals surface area (Å²) in [7, 11) is 0. The molecule has 4 heteroatoms. The maximum Gasteiger partial charge on any atom is 0.0471 e. The topological polar surface area (TPSA) is 9.23 Å². The fourth-order valence-electron chi connectivity index (χ4n) is 1.95. The Labute approximate surface area is 108 Å². The van der Waals surface area contributed by atoms with Gasteiger partial charge in [-0.15, -0.1) is 22.9 Å². The minimum Gasteiger partial charge on any atom is -0.381 e. The quantitative estimate of drug-likeness (QED) is 0.764. The molecule has 1 nitrogen and oxygen atoms in total. The highest BCUT2D eigenvalue weighted by molar-refractivity contribution is 9.10. The van der Waals surface area contributed by atoms with Crippen molar-refractivity contribution in [1.29, 1.82) is 0 Å². The van der Waals surface area contributed by atoms with E-state index in [1.165, 1.54) is 9.35 Å². The van der Waals surface area contributed by atoms with Crippen molar-refractivity contribution in [3.8, 4) is 0 Å². The number of alkyl halides is 1. The number of rotatable bonds is 3. The lowest BCUT2D eigenvalue weighted by molar-refractivity contribution is 0.0260. The molecule has 0 amide bonds. The van der Waals surface area contributed by atoms with Crippen LogP contribution in [-0.2, 0) is 11.2 Å². The first-order valence-electron chi connectivity index (χ1n) is 5.11. The molecule has 1 aliphatic heterocycles. The molecule has 1 fully saturated rings. The van der Waals surface area contributed by atoms with Crippen molar-refractivity contribution in [2.45, 2.75) is 19.3 Å². The molecule has 84 valence electrons. The van der Waals surface area contributed by atoms with E-state index in [0.717, 1.165) is 38.4 Å².